The summed E-state index contributed by atoms with van der Waals surface area (Å²) in [7, 11) is 0. The molecule has 1 atom stereocenters. The van der Waals surface area contributed by atoms with E-state index in [4.69, 9.17) is 5.26 Å². The number of nitriles is 1. The van der Waals surface area contributed by atoms with Crippen molar-refractivity contribution in [3.05, 3.63) is 11.1 Å². The minimum atomic E-state index is 0.00167. The van der Waals surface area contributed by atoms with E-state index in [1.807, 2.05) is 12.4 Å². The second-order valence-electron chi connectivity index (χ2n) is 4.99. The number of nitrogens with zero attached hydrogens (tertiary/aromatic N) is 2. The van der Waals surface area contributed by atoms with Crippen LogP contribution in [0.1, 0.15) is 43.9 Å². The van der Waals surface area contributed by atoms with Gasteiger partial charge in [0.1, 0.15) is 0 Å². The van der Waals surface area contributed by atoms with E-state index in [2.05, 4.69) is 29.5 Å². The summed E-state index contributed by atoms with van der Waals surface area (Å²) in [6.45, 7) is 4.29. The van der Waals surface area contributed by atoms with Crippen molar-refractivity contribution in [1.29, 1.82) is 5.26 Å². The highest BCUT2D eigenvalue weighted by Crippen LogP contribution is 2.31. The van der Waals surface area contributed by atoms with Crippen LogP contribution in [-0.2, 0) is 4.79 Å². The van der Waals surface area contributed by atoms with Gasteiger partial charge < -0.3 is 10.6 Å². The first-order chi connectivity index (χ1) is 9.13. The summed E-state index contributed by atoms with van der Waals surface area (Å²) < 4.78 is 0. The highest BCUT2D eigenvalue weighted by atomic mass is 32.1. The third-order valence-electron chi connectivity index (χ3n) is 3.63. The molecule has 6 heteroatoms. The number of anilines is 1. The van der Waals surface area contributed by atoms with E-state index in [9.17, 15) is 4.79 Å². The van der Waals surface area contributed by atoms with Crippen LogP contribution in [0.25, 0.3) is 0 Å². The maximum absolute atomic E-state index is 11.9. The number of carbonyl (C=O) groups is 1. The maximum atomic E-state index is 11.9. The van der Waals surface area contributed by atoms with Crippen molar-refractivity contribution in [3.8, 4) is 6.19 Å². The first-order valence-corrected chi connectivity index (χ1v) is 7.36. The van der Waals surface area contributed by atoms with Crippen LogP contribution in [0.15, 0.2) is 6.20 Å². The molecule has 0 bridgehead atoms. The van der Waals surface area contributed by atoms with Gasteiger partial charge in [-0.15, -0.1) is 11.3 Å². The summed E-state index contributed by atoms with van der Waals surface area (Å²) >= 11 is 1.55. The molecule has 1 saturated carbocycles. The second-order valence-corrected chi connectivity index (χ2v) is 6.05. The lowest BCUT2D eigenvalue weighted by atomic mass is 9.80. The molecule has 0 aliphatic heterocycles. The number of amides is 1. The first kappa shape index (κ1) is 13.8. The number of rotatable bonds is 5. The van der Waals surface area contributed by atoms with Crippen molar-refractivity contribution in [2.24, 2.45) is 5.92 Å². The summed E-state index contributed by atoms with van der Waals surface area (Å²) in [6.07, 6.45) is 6.27. The van der Waals surface area contributed by atoms with E-state index in [0.717, 1.165) is 19.3 Å². The Morgan fingerprint density at radius 1 is 1.68 bits per heavy atom. The summed E-state index contributed by atoms with van der Waals surface area (Å²) in [5.41, 5.74) is 0. The molecule has 5 nitrogen and oxygen atoms in total. The molecule has 1 aromatic rings. The van der Waals surface area contributed by atoms with Gasteiger partial charge in [-0.3, -0.25) is 4.79 Å². The van der Waals surface area contributed by atoms with Gasteiger partial charge in [-0.1, -0.05) is 13.8 Å². The molecule has 1 heterocycles. The maximum Gasteiger partial charge on any atom is 0.229 e. The van der Waals surface area contributed by atoms with E-state index in [-0.39, 0.29) is 17.9 Å². The summed E-state index contributed by atoms with van der Waals surface area (Å²) in [4.78, 5) is 17.4. The zero-order valence-corrected chi connectivity index (χ0v) is 12.0. The largest absolute Gasteiger partial charge is 0.321 e. The molecular formula is C13H18N4OS. The van der Waals surface area contributed by atoms with Crippen LogP contribution in [-0.4, -0.2) is 16.9 Å². The van der Waals surface area contributed by atoms with Crippen LogP contribution in [0.5, 0.6) is 0 Å². The lowest BCUT2D eigenvalue weighted by molar-refractivity contribution is -0.122. The first-order valence-electron chi connectivity index (χ1n) is 6.55. The predicted octanol–water partition coefficient (Wildman–Crippen LogP) is 2.44. The van der Waals surface area contributed by atoms with Gasteiger partial charge in [0.25, 0.3) is 0 Å². The normalized spacial score (nSPS) is 23.0. The highest BCUT2D eigenvalue weighted by molar-refractivity contribution is 7.15. The zero-order chi connectivity index (χ0) is 13.8. The van der Waals surface area contributed by atoms with Gasteiger partial charge in [0, 0.05) is 23.0 Å². The standard InChI is InChI=1S/C13H18N4OS/c1-3-8(2)11-6-15-13(19-11)17-12(18)9-4-10(5-9)16-7-14/h6,8-10,16H,3-5H2,1-2H3,(H,15,17,18)/t8-,9?,10?/m1/s1. The summed E-state index contributed by atoms with van der Waals surface area (Å²) in [5, 5.41) is 14.7. The number of thiazole rings is 1. The Bertz CT molecular complexity index is 487. The number of aromatic nitrogens is 1. The minimum Gasteiger partial charge on any atom is -0.321 e. The summed E-state index contributed by atoms with van der Waals surface area (Å²) in [6, 6.07) is 0.160. The number of carbonyl (C=O) groups excluding carboxylic acids is 1. The van der Waals surface area contributed by atoms with Crippen LogP contribution in [0, 0.1) is 17.4 Å². The molecule has 102 valence electrons. The van der Waals surface area contributed by atoms with Crippen LogP contribution < -0.4 is 10.6 Å². The van der Waals surface area contributed by atoms with Gasteiger partial charge in [0.2, 0.25) is 5.91 Å². The Balaban J connectivity index is 1.83. The Labute approximate surface area is 117 Å². The van der Waals surface area contributed by atoms with E-state index in [0.29, 0.717) is 11.0 Å². The molecule has 1 aromatic heterocycles. The van der Waals surface area contributed by atoms with E-state index in [1.54, 1.807) is 11.3 Å². The molecule has 1 amide bonds. The van der Waals surface area contributed by atoms with Crippen molar-refractivity contribution in [2.45, 2.75) is 45.1 Å². The fourth-order valence-corrected chi connectivity index (χ4v) is 2.98. The zero-order valence-electron chi connectivity index (χ0n) is 11.1. The molecule has 1 fully saturated rings. The van der Waals surface area contributed by atoms with Gasteiger partial charge in [-0.05, 0) is 25.2 Å². The molecule has 2 N–H and O–H groups in total. The average molecular weight is 278 g/mol. The van der Waals surface area contributed by atoms with E-state index in [1.165, 1.54) is 4.88 Å². The quantitative estimate of drug-likeness (QED) is 0.640. The highest BCUT2D eigenvalue weighted by Gasteiger charge is 2.34. The predicted molar refractivity (Wildman–Crippen MR) is 74.7 cm³/mol. The molecule has 0 saturated heterocycles. The molecule has 0 spiro atoms. The van der Waals surface area contributed by atoms with Crippen molar-refractivity contribution in [2.75, 3.05) is 5.32 Å². The molecule has 0 unspecified atom stereocenters. The fraction of sp³-hybridized carbons (Fsp3) is 0.615. The Morgan fingerprint density at radius 3 is 3.05 bits per heavy atom. The Morgan fingerprint density at radius 2 is 2.42 bits per heavy atom. The van der Waals surface area contributed by atoms with Gasteiger partial charge in [0.05, 0.1) is 0 Å². The molecule has 0 aromatic carbocycles. The average Bonchev–Trinajstić information content (AvgIpc) is 2.80. The van der Waals surface area contributed by atoms with Gasteiger partial charge in [0.15, 0.2) is 11.3 Å². The lowest BCUT2D eigenvalue weighted by Gasteiger charge is -2.32. The third-order valence-corrected chi connectivity index (χ3v) is 4.77. The molecule has 2 rings (SSSR count). The van der Waals surface area contributed by atoms with Gasteiger partial charge in [-0.25, -0.2) is 4.98 Å². The minimum absolute atomic E-state index is 0.00167. The van der Waals surface area contributed by atoms with Gasteiger partial charge in [-0.2, -0.15) is 5.26 Å². The smallest absolute Gasteiger partial charge is 0.229 e. The molecule has 1 aliphatic carbocycles. The Hall–Kier alpha value is -1.61. The Kier molecular flexibility index (Phi) is 4.38. The van der Waals surface area contributed by atoms with Gasteiger partial charge >= 0.3 is 0 Å². The molecule has 0 radical (unpaired) electrons. The van der Waals surface area contributed by atoms with Crippen molar-refractivity contribution < 1.29 is 4.79 Å². The molecule has 19 heavy (non-hydrogen) atoms. The van der Waals surface area contributed by atoms with Crippen molar-refractivity contribution >= 4 is 22.4 Å². The number of hydrogen-bond donors (Lipinski definition) is 2. The van der Waals surface area contributed by atoms with Crippen LogP contribution in [0.4, 0.5) is 5.13 Å². The van der Waals surface area contributed by atoms with Crippen molar-refractivity contribution in [3.63, 3.8) is 0 Å². The molecule has 1 aliphatic rings. The van der Waals surface area contributed by atoms with E-state index >= 15 is 0 Å². The second kappa shape index (κ2) is 6.02. The molecular weight excluding hydrogens is 260 g/mol. The van der Waals surface area contributed by atoms with Crippen molar-refractivity contribution in [1.82, 2.24) is 10.3 Å². The topological polar surface area (TPSA) is 77.8 Å². The monoisotopic (exact) mass is 278 g/mol. The van der Waals surface area contributed by atoms with E-state index < -0.39 is 0 Å². The van der Waals surface area contributed by atoms with Crippen LogP contribution >= 0.6 is 11.3 Å². The summed E-state index contributed by atoms with van der Waals surface area (Å²) in [5.74, 6) is 0.499. The number of nitrogens with one attached hydrogen (secondary N) is 2. The third kappa shape index (κ3) is 3.24. The van der Waals surface area contributed by atoms with Crippen LogP contribution in [0.3, 0.4) is 0 Å². The SMILES string of the molecule is CC[C@@H](C)c1cnc(NC(=O)C2CC(NC#N)C2)s1. The lowest BCUT2D eigenvalue weighted by Crippen LogP contribution is -2.44. The van der Waals surface area contributed by atoms with Crippen LogP contribution in [0.2, 0.25) is 0 Å². The number of hydrogen-bond acceptors (Lipinski definition) is 5. The fourth-order valence-electron chi connectivity index (χ4n) is 2.02.